The first-order chi connectivity index (χ1) is 5.99. The van der Waals surface area contributed by atoms with Crippen molar-refractivity contribution in [3.05, 3.63) is 0 Å². The minimum atomic E-state index is -2.75. The topological polar surface area (TPSA) is 46.6 Å². The molecule has 1 rings (SSSR count). The van der Waals surface area contributed by atoms with Crippen LogP contribution < -0.4 is 0 Å². The van der Waals surface area contributed by atoms with Gasteiger partial charge in [-0.1, -0.05) is 0 Å². The van der Waals surface area contributed by atoms with Gasteiger partial charge in [-0.3, -0.25) is 4.90 Å². The molecule has 1 heterocycles. The normalized spacial score (nSPS) is 23.6. The minimum Gasteiger partial charge on any atom is -0.363 e. The van der Waals surface area contributed by atoms with E-state index in [0.29, 0.717) is 19.8 Å². The van der Waals surface area contributed by atoms with Gasteiger partial charge in [0.05, 0.1) is 24.3 Å². The third kappa shape index (κ3) is 4.06. The quantitative estimate of drug-likeness (QED) is 0.658. The van der Waals surface area contributed by atoms with Gasteiger partial charge >= 0.3 is 0 Å². The highest BCUT2D eigenvalue weighted by molar-refractivity contribution is 7.91. The van der Waals surface area contributed by atoms with E-state index < -0.39 is 9.84 Å². The summed E-state index contributed by atoms with van der Waals surface area (Å²) in [5.41, 5.74) is 0. The van der Waals surface area contributed by atoms with Crippen molar-refractivity contribution < 1.29 is 13.2 Å². The third-order valence-corrected chi connectivity index (χ3v) is 3.64. The standard InChI is InChI=1S/C8H17NO3S/c1-8(2)12-7-9-3-5-13(10,11)6-4-9/h8H,3-7H2,1-2H3. The molecule has 0 unspecified atom stereocenters. The van der Waals surface area contributed by atoms with Crippen LogP contribution in [0, 0.1) is 0 Å². The molecule has 0 amide bonds. The smallest absolute Gasteiger partial charge is 0.152 e. The molecule has 0 radical (unpaired) electrons. The van der Waals surface area contributed by atoms with Gasteiger partial charge in [0, 0.05) is 13.1 Å². The largest absolute Gasteiger partial charge is 0.363 e. The van der Waals surface area contributed by atoms with Crippen molar-refractivity contribution in [2.75, 3.05) is 31.3 Å². The van der Waals surface area contributed by atoms with Crippen molar-refractivity contribution in [3.63, 3.8) is 0 Å². The molecule has 1 aliphatic rings. The Morgan fingerprint density at radius 3 is 2.31 bits per heavy atom. The van der Waals surface area contributed by atoms with Gasteiger partial charge in [-0.05, 0) is 13.8 Å². The Kier molecular flexibility index (Phi) is 3.70. The SMILES string of the molecule is CC(C)OCN1CCS(=O)(=O)CC1. The minimum absolute atomic E-state index is 0.207. The number of ether oxygens (including phenoxy) is 1. The zero-order valence-electron chi connectivity index (χ0n) is 8.19. The lowest BCUT2D eigenvalue weighted by Gasteiger charge is -2.26. The lowest BCUT2D eigenvalue weighted by atomic mass is 10.5. The predicted molar refractivity (Wildman–Crippen MR) is 51.3 cm³/mol. The molecule has 0 N–H and O–H groups in total. The number of hydrogen-bond donors (Lipinski definition) is 0. The van der Waals surface area contributed by atoms with Gasteiger partial charge in [-0.15, -0.1) is 0 Å². The number of sulfone groups is 1. The van der Waals surface area contributed by atoms with E-state index >= 15 is 0 Å². The van der Waals surface area contributed by atoms with Gasteiger partial charge in [0.1, 0.15) is 0 Å². The van der Waals surface area contributed by atoms with Crippen molar-refractivity contribution in [3.8, 4) is 0 Å². The maximum Gasteiger partial charge on any atom is 0.152 e. The first-order valence-corrected chi connectivity index (χ1v) is 6.36. The average molecular weight is 207 g/mol. The highest BCUT2D eigenvalue weighted by Crippen LogP contribution is 2.04. The van der Waals surface area contributed by atoms with E-state index in [4.69, 9.17) is 4.74 Å². The van der Waals surface area contributed by atoms with E-state index in [9.17, 15) is 8.42 Å². The van der Waals surface area contributed by atoms with Crippen molar-refractivity contribution in [1.82, 2.24) is 4.90 Å². The van der Waals surface area contributed by atoms with Gasteiger partial charge in [-0.2, -0.15) is 0 Å². The molecule has 1 fully saturated rings. The van der Waals surface area contributed by atoms with Crippen LogP contribution in [0.25, 0.3) is 0 Å². The summed E-state index contributed by atoms with van der Waals surface area (Å²) in [5, 5.41) is 0. The molecular weight excluding hydrogens is 190 g/mol. The number of nitrogens with zero attached hydrogens (tertiary/aromatic N) is 1. The van der Waals surface area contributed by atoms with Crippen LogP contribution in [0.3, 0.4) is 0 Å². The molecular formula is C8H17NO3S. The van der Waals surface area contributed by atoms with Gasteiger partial charge in [0.25, 0.3) is 0 Å². The Bertz CT molecular complexity index is 234. The van der Waals surface area contributed by atoms with E-state index in [1.54, 1.807) is 0 Å². The van der Waals surface area contributed by atoms with Crippen LogP contribution in [0.1, 0.15) is 13.8 Å². The average Bonchev–Trinajstić information content (AvgIpc) is 2.02. The first-order valence-electron chi connectivity index (χ1n) is 4.54. The molecule has 0 aromatic heterocycles. The van der Waals surface area contributed by atoms with Crippen LogP contribution in [0.5, 0.6) is 0 Å². The van der Waals surface area contributed by atoms with E-state index in [1.807, 2.05) is 18.7 Å². The second kappa shape index (κ2) is 4.39. The fourth-order valence-corrected chi connectivity index (χ4v) is 2.41. The Balaban J connectivity index is 2.26. The molecule has 1 saturated heterocycles. The molecule has 13 heavy (non-hydrogen) atoms. The molecule has 1 aliphatic heterocycles. The molecule has 0 aromatic carbocycles. The maximum absolute atomic E-state index is 11.1. The molecule has 0 atom stereocenters. The zero-order valence-corrected chi connectivity index (χ0v) is 9.01. The predicted octanol–water partition coefficient (Wildman–Crippen LogP) is 0.0993. The van der Waals surface area contributed by atoms with E-state index in [1.165, 1.54) is 0 Å². The van der Waals surface area contributed by atoms with Crippen LogP contribution in [0.15, 0.2) is 0 Å². The van der Waals surface area contributed by atoms with Crippen molar-refractivity contribution in [2.24, 2.45) is 0 Å². The van der Waals surface area contributed by atoms with Crippen LogP contribution in [0.4, 0.5) is 0 Å². The second-order valence-corrected chi connectivity index (χ2v) is 5.92. The second-order valence-electron chi connectivity index (χ2n) is 3.61. The molecule has 0 spiro atoms. The molecule has 0 aromatic rings. The summed E-state index contributed by atoms with van der Waals surface area (Å²) in [6.45, 7) is 5.71. The Hall–Kier alpha value is -0.130. The summed E-state index contributed by atoms with van der Waals surface area (Å²) >= 11 is 0. The van der Waals surface area contributed by atoms with E-state index in [2.05, 4.69) is 0 Å². The molecule has 4 nitrogen and oxygen atoms in total. The van der Waals surface area contributed by atoms with Gasteiger partial charge < -0.3 is 4.74 Å². The summed E-state index contributed by atoms with van der Waals surface area (Å²) in [5.74, 6) is 0.545. The summed E-state index contributed by atoms with van der Waals surface area (Å²) in [7, 11) is -2.75. The van der Waals surface area contributed by atoms with Crippen LogP contribution in [-0.2, 0) is 14.6 Å². The Morgan fingerprint density at radius 1 is 1.31 bits per heavy atom. The van der Waals surface area contributed by atoms with E-state index in [-0.39, 0.29) is 17.6 Å². The van der Waals surface area contributed by atoms with Crippen molar-refractivity contribution in [1.29, 1.82) is 0 Å². The molecule has 0 saturated carbocycles. The summed E-state index contributed by atoms with van der Waals surface area (Å²) in [6, 6.07) is 0. The van der Waals surface area contributed by atoms with Gasteiger partial charge in [-0.25, -0.2) is 8.42 Å². The van der Waals surface area contributed by atoms with Crippen molar-refractivity contribution >= 4 is 9.84 Å². The van der Waals surface area contributed by atoms with Crippen LogP contribution >= 0.6 is 0 Å². The highest BCUT2D eigenvalue weighted by atomic mass is 32.2. The monoisotopic (exact) mass is 207 g/mol. The summed E-state index contributed by atoms with van der Waals surface area (Å²) in [4.78, 5) is 2.03. The Morgan fingerprint density at radius 2 is 1.85 bits per heavy atom. The third-order valence-electron chi connectivity index (χ3n) is 2.03. The number of rotatable bonds is 3. The summed E-state index contributed by atoms with van der Waals surface area (Å²) in [6.07, 6.45) is 0.207. The highest BCUT2D eigenvalue weighted by Gasteiger charge is 2.21. The lowest BCUT2D eigenvalue weighted by molar-refractivity contribution is -0.00278. The maximum atomic E-state index is 11.1. The molecule has 0 aliphatic carbocycles. The lowest BCUT2D eigenvalue weighted by Crippen LogP contribution is -2.41. The Labute approximate surface area is 79.8 Å². The first kappa shape index (κ1) is 10.9. The zero-order chi connectivity index (χ0) is 9.90. The molecule has 78 valence electrons. The van der Waals surface area contributed by atoms with Gasteiger partial charge in [0.2, 0.25) is 0 Å². The molecule has 0 bridgehead atoms. The van der Waals surface area contributed by atoms with Crippen LogP contribution in [0.2, 0.25) is 0 Å². The van der Waals surface area contributed by atoms with Crippen LogP contribution in [-0.4, -0.2) is 50.7 Å². The van der Waals surface area contributed by atoms with Gasteiger partial charge in [0.15, 0.2) is 9.84 Å². The summed E-state index contributed by atoms with van der Waals surface area (Å²) < 4.78 is 27.5. The van der Waals surface area contributed by atoms with E-state index in [0.717, 1.165) is 0 Å². The fraction of sp³-hybridized carbons (Fsp3) is 1.00. The fourth-order valence-electron chi connectivity index (χ4n) is 1.13. The number of hydrogen-bond acceptors (Lipinski definition) is 4. The molecule has 5 heteroatoms. The van der Waals surface area contributed by atoms with Crippen molar-refractivity contribution in [2.45, 2.75) is 20.0 Å².